The van der Waals surface area contributed by atoms with E-state index in [1.165, 1.54) is 6.20 Å². The third kappa shape index (κ3) is 3.21. The van der Waals surface area contributed by atoms with Crippen LogP contribution in [0.4, 0.5) is 0 Å². The van der Waals surface area contributed by atoms with Gasteiger partial charge < -0.3 is 0 Å². The molecule has 0 spiro atoms. The van der Waals surface area contributed by atoms with Gasteiger partial charge in [0.1, 0.15) is 0 Å². The van der Waals surface area contributed by atoms with E-state index in [9.17, 15) is 8.42 Å². The molecule has 0 saturated heterocycles. The second kappa shape index (κ2) is 4.59. The topological polar surface area (TPSA) is 59.1 Å². The molecule has 0 bridgehead atoms. The summed E-state index contributed by atoms with van der Waals surface area (Å²) in [5.41, 5.74) is 0. The lowest BCUT2D eigenvalue weighted by molar-refractivity contribution is 0.587. The highest BCUT2D eigenvalue weighted by Gasteiger charge is 2.16. The van der Waals surface area contributed by atoms with E-state index >= 15 is 0 Å². The highest BCUT2D eigenvalue weighted by atomic mass is 35.5. The average molecular weight is 273 g/mol. The molecule has 0 aliphatic carbocycles. The molecule has 0 aliphatic heterocycles. The fourth-order valence-corrected chi connectivity index (χ4v) is 3.12. The van der Waals surface area contributed by atoms with Gasteiger partial charge in [-0.2, -0.15) is 0 Å². The quantitative estimate of drug-likeness (QED) is 0.910. The monoisotopic (exact) mass is 272 g/mol. The lowest BCUT2D eigenvalue weighted by Gasteiger charge is -2.01. The van der Waals surface area contributed by atoms with E-state index in [0.717, 1.165) is 11.3 Å². The molecule has 0 fully saturated rings. The van der Waals surface area contributed by atoms with Crippen LogP contribution in [0.1, 0.15) is 0 Å². The molecule has 4 nitrogen and oxygen atoms in total. The molecule has 1 heterocycles. The zero-order valence-electron chi connectivity index (χ0n) is 6.83. The first-order valence-electron chi connectivity index (χ1n) is 3.36. The molecule has 78 valence electrons. The van der Waals surface area contributed by atoms with Crippen molar-refractivity contribution in [2.45, 2.75) is 4.21 Å². The van der Waals surface area contributed by atoms with Crippen molar-refractivity contribution >= 4 is 44.6 Å². The molecule has 0 radical (unpaired) electrons. The second-order valence-corrected chi connectivity index (χ2v) is 6.42. The number of sulfonamides is 1. The fraction of sp³-hybridized carbons (Fsp3) is 0.167. The number of thiazole rings is 1. The average Bonchev–Trinajstić information content (AvgIpc) is 2.49. The van der Waals surface area contributed by atoms with Crippen molar-refractivity contribution in [2.24, 2.45) is 0 Å². The van der Waals surface area contributed by atoms with Crippen LogP contribution in [-0.4, -0.2) is 19.9 Å². The van der Waals surface area contributed by atoms with Crippen molar-refractivity contribution < 1.29 is 8.42 Å². The van der Waals surface area contributed by atoms with Gasteiger partial charge >= 0.3 is 0 Å². The Balaban J connectivity index is 2.81. The molecule has 1 aromatic rings. The number of hydrogen-bond acceptors (Lipinski definition) is 4. The number of rotatable bonds is 4. The molecule has 14 heavy (non-hydrogen) atoms. The first-order chi connectivity index (χ1) is 6.42. The minimum Gasteiger partial charge on any atom is -0.232 e. The Morgan fingerprint density at radius 3 is 2.79 bits per heavy atom. The van der Waals surface area contributed by atoms with Gasteiger partial charge in [0.25, 0.3) is 10.0 Å². The Kier molecular flexibility index (Phi) is 3.91. The molecule has 1 aromatic heterocycles. The summed E-state index contributed by atoms with van der Waals surface area (Å²) in [5, 5.41) is 0.212. The number of aromatic nitrogens is 1. The maximum absolute atomic E-state index is 11.5. The van der Waals surface area contributed by atoms with Crippen molar-refractivity contribution in [2.75, 3.05) is 6.54 Å². The van der Waals surface area contributed by atoms with Gasteiger partial charge in [0, 0.05) is 11.6 Å². The first-order valence-corrected chi connectivity index (χ1v) is 6.41. The van der Waals surface area contributed by atoms with Crippen LogP contribution in [-0.2, 0) is 10.0 Å². The maximum Gasteiger partial charge on any atom is 0.252 e. The van der Waals surface area contributed by atoms with Crippen molar-refractivity contribution in [3.05, 3.63) is 22.3 Å². The van der Waals surface area contributed by atoms with Crippen molar-refractivity contribution in [3.8, 4) is 0 Å². The predicted molar refractivity (Wildman–Crippen MR) is 57.3 cm³/mol. The predicted octanol–water partition coefficient (Wildman–Crippen LogP) is 1.83. The van der Waals surface area contributed by atoms with E-state index in [1.54, 1.807) is 0 Å². The SMILES string of the molecule is C=C(Cl)CNS(=O)(=O)c1cnc(Cl)s1. The van der Waals surface area contributed by atoms with Gasteiger partial charge in [0.15, 0.2) is 8.68 Å². The lowest BCUT2D eigenvalue weighted by Crippen LogP contribution is -2.23. The largest absolute Gasteiger partial charge is 0.252 e. The normalized spacial score (nSPS) is 11.6. The van der Waals surface area contributed by atoms with Crippen molar-refractivity contribution in [1.82, 2.24) is 9.71 Å². The molecule has 0 atom stereocenters. The van der Waals surface area contributed by atoms with Gasteiger partial charge in [-0.05, 0) is 0 Å². The fourth-order valence-electron chi connectivity index (χ4n) is 0.608. The smallest absolute Gasteiger partial charge is 0.232 e. The summed E-state index contributed by atoms with van der Waals surface area (Å²) < 4.78 is 25.4. The number of nitrogens with one attached hydrogen (secondary N) is 1. The summed E-state index contributed by atoms with van der Waals surface area (Å²) in [6.45, 7) is 3.34. The molecule has 0 unspecified atom stereocenters. The van der Waals surface area contributed by atoms with E-state index in [1.807, 2.05) is 0 Å². The summed E-state index contributed by atoms with van der Waals surface area (Å²) in [7, 11) is -3.56. The van der Waals surface area contributed by atoms with Crippen LogP contribution in [0.5, 0.6) is 0 Å². The summed E-state index contributed by atoms with van der Waals surface area (Å²) in [4.78, 5) is 3.62. The number of hydrogen-bond donors (Lipinski definition) is 1. The lowest BCUT2D eigenvalue weighted by atomic mass is 10.7. The Labute approximate surface area is 95.6 Å². The van der Waals surface area contributed by atoms with Gasteiger partial charge in [0.05, 0.1) is 6.20 Å². The summed E-state index contributed by atoms with van der Waals surface area (Å²) >= 11 is 11.8. The van der Waals surface area contributed by atoms with Crippen LogP contribution in [0.3, 0.4) is 0 Å². The summed E-state index contributed by atoms with van der Waals surface area (Å²) in [6, 6.07) is 0. The molecule has 1 rings (SSSR count). The molecule has 0 aliphatic rings. The van der Waals surface area contributed by atoms with Crippen LogP contribution in [0, 0.1) is 0 Å². The maximum atomic E-state index is 11.5. The molecule has 0 saturated carbocycles. The molecule has 0 amide bonds. The van der Waals surface area contributed by atoms with E-state index < -0.39 is 10.0 Å². The van der Waals surface area contributed by atoms with E-state index in [-0.39, 0.29) is 20.3 Å². The highest BCUT2D eigenvalue weighted by molar-refractivity contribution is 7.91. The number of halogens is 2. The molecule has 0 aromatic carbocycles. The third-order valence-corrected chi connectivity index (χ3v) is 4.29. The standard InChI is InChI=1S/C6H6Cl2N2O2S2/c1-4(7)2-10-14(11,12)5-3-9-6(8)13-5/h3,10H,1-2H2. The highest BCUT2D eigenvalue weighted by Crippen LogP contribution is 2.22. The van der Waals surface area contributed by atoms with Gasteiger partial charge in [-0.25, -0.2) is 18.1 Å². The first kappa shape index (κ1) is 11.9. The minimum absolute atomic E-state index is 0.0145. The Morgan fingerprint density at radius 2 is 2.36 bits per heavy atom. The van der Waals surface area contributed by atoms with Crippen LogP contribution < -0.4 is 4.72 Å². The molecular formula is C6H6Cl2N2O2S2. The summed E-state index contributed by atoms with van der Waals surface area (Å²) in [5.74, 6) is 0. The van der Waals surface area contributed by atoms with Gasteiger partial charge in [-0.3, -0.25) is 0 Å². The Bertz CT molecular complexity index is 440. The Hall–Kier alpha value is -0.140. The zero-order chi connectivity index (χ0) is 10.8. The van der Waals surface area contributed by atoms with Crippen molar-refractivity contribution in [3.63, 3.8) is 0 Å². The molecular weight excluding hydrogens is 267 g/mol. The third-order valence-electron chi connectivity index (χ3n) is 1.18. The van der Waals surface area contributed by atoms with E-state index in [2.05, 4.69) is 16.3 Å². The minimum atomic E-state index is -3.56. The van der Waals surface area contributed by atoms with Crippen LogP contribution in [0.25, 0.3) is 0 Å². The molecule has 8 heteroatoms. The van der Waals surface area contributed by atoms with Crippen LogP contribution >= 0.6 is 34.5 Å². The number of nitrogens with zero attached hydrogens (tertiary/aromatic N) is 1. The van der Waals surface area contributed by atoms with E-state index in [0.29, 0.717) is 0 Å². The Morgan fingerprint density at radius 1 is 1.71 bits per heavy atom. The van der Waals surface area contributed by atoms with Crippen LogP contribution in [0.2, 0.25) is 4.47 Å². The van der Waals surface area contributed by atoms with E-state index in [4.69, 9.17) is 23.2 Å². The van der Waals surface area contributed by atoms with Gasteiger partial charge in [-0.15, -0.1) is 0 Å². The van der Waals surface area contributed by atoms with Crippen LogP contribution in [0.15, 0.2) is 22.0 Å². The zero-order valence-corrected chi connectivity index (χ0v) is 9.97. The molecule has 1 N–H and O–H groups in total. The summed E-state index contributed by atoms with van der Waals surface area (Å²) in [6.07, 6.45) is 1.19. The van der Waals surface area contributed by atoms with Gasteiger partial charge in [0.2, 0.25) is 0 Å². The van der Waals surface area contributed by atoms with Crippen molar-refractivity contribution in [1.29, 1.82) is 0 Å². The second-order valence-electron chi connectivity index (χ2n) is 2.27. The van der Waals surface area contributed by atoms with Gasteiger partial charge in [-0.1, -0.05) is 41.1 Å².